The fourth-order valence-electron chi connectivity index (χ4n) is 2.73. The Hall–Kier alpha value is -2.47. The van der Waals surface area contributed by atoms with Crippen molar-refractivity contribution in [3.8, 4) is 5.75 Å². The van der Waals surface area contributed by atoms with Crippen LogP contribution in [-0.2, 0) is 6.61 Å². The first-order valence-electron chi connectivity index (χ1n) is 7.78. The number of nitrogens with one attached hydrogen (secondary N) is 1. The van der Waals surface area contributed by atoms with Crippen LogP contribution in [0.4, 0.5) is 4.39 Å². The van der Waals surface area contributed by atoms with Gasteiger partial charge in [0.05, 0.1) is 16.9 Å². The summed E-state index contributed by atoms with van der Waals surface area (Å²) in [6.45, 7) is 1.95. The summed E-state index contributed by atoms with van der Waals surface area (Å²) in [7, 11) is 0. The molecule has 1 aliphatic carbocycles. The van der Waals surface area contributed by atoms with Gasteiger partial charge in [0, 0.05) is 18.3 Å². The van der Waals surface area contributed by atoms with E-state index in [-0.39, 0.29) is 24.4 Å². The van der Waals surface area contributed by atoms with Crippen LogP contribution in [0.15, 0.2) is 42.6 Å². The molecule has 0 bridgehead atoms. The molecule has 0 radical (unpaired) electrons. The first-order chi connectivity index (χ1) is 11.4. The van der Waals surface area contributed by atoms with Gasteiger partial charge in [-0.05, 0) is 44.0 Å². The fraction of sp³-hybridized carbons (Fsp3) is 0.333. The van der Waals surface area contributed by atoms with Crippen molar-refractivity contribution in [2.24, 2.45) is 0 Å². The van der Waals surface area contributed by atoms with Gasteiger partial charge >= 0.3 is 0 Å². The van der Waals surface area contributed by atoms with Crippen LogP contribution in [0.1, 0.15) is 35.8 Å². The van der Waals surface area contributed by atoms with Gasteiger partial charge in [0.1, 0.15) is 18.2 Å². The predicted octanol–water partition coefficient (Wildman–Crippen LogP) is 2.44. The summed E-state index contributed by atoms with van der Waals surface area (Å²) in [6, 6.07) is 9.26. The molecule has 1 heterocycles. The van der Waals surface area contributed by atoms with E-state index in [1.807, 2.05) is 0 Å². The van der Waals surface area contributed by atoms with Gasteiger partial charge in [-0.15, -0.1) is 0 Å². The Morgan fingerprint density at radius 3 is 2.83 bits per heavy atom. The summed E-state index contributed by atoms with van der Waals surface area (Å²) < 4.78 is 18.5. The normalized spacial score (nSPS) is 22.5. The lowest BCUT2D eigenvalue weighted by molar-refractivity contribution is -0.0366. The maximum Gasteiger partial charge on any atom is 0.253 e. The SMILES string of the molecule is CC1(O)CC(NC(=O)c2ccc(COc3cccc(F)c3)nc2)C1. The van der Waals surface area contributed by atoms with Crippen molar-refractivity contribution in [3.63, 3.8) is 0 Å². The number of rotatable bonds is 5. The van der Waals surface area contributed by atoms with E-state index < -0.39 is 5.60 Å². The molecule has 1 amide bonds. The largest absolute Gasteiger partial charge is 0.487 e. The van der Waals surface area contributed by atoms with Gasteiger partial charge in [-0.2, -0.15) is 0 Å². The average molecular weight is 330 g/mol. The Morgan fingerprint density at radius 1 is 1.42 bits per heavy atom. The third kappa shape index (κ3) is 4.08. The van der Waals surface area contributed by atoms with Crippen molar-refractivity contribution in [1.82, 2.24) is 10.3 Å². The van der Waals surface area contributed by atoms with Gasteiger partial charge in [0.15, 0.2) is 0 Å². The van der Waals surface area contributed by atoms with Crippen LogP contribution in [0, 0.1) is 5.82 Å². The number of aliphatic hydroxyl groups is 1. The number of aromatic nitrogens is 1. The minimum absolute atomic E-state index is 0.00323. The zero-order valence-electron chi connectivity index (χ0n) is 13.3. The number of benzene rings is 1. The van der Waals surface area contributed by atoms with Crippen LogP contribution in [0.25, 0.3) is 0 Å². The smallest absolute Gasteiger partial charge is 0.253 e. The molecule has 0 saturated heterocycles. The van der Waals surface area contributed by atoms with Crippen LogP contribution in [-0.4, -0.2) is 27.6 Å². The zero-order chi connectivity index (χ0) is 17.2. The van der Waals surface area contributed by atoms with Crippen LogP contribution in [0.5, 0.6) is 5.75 Å². The standard InChI is InChI=1S/C18H19FN2O3/c1-18(23)8-15(9-18)21-17(22)12-5-6-14(20-10-12)11-24-16-4-2-3-13(19)7-16/h2-7,10,15,23H,8-9,11H2,1H3,(H,21,22). The molecule has 5 nitrogen and oxygen atoms in total. The van der Waals surface area contributed by atoms with Crippen LogP contribution in [0.3, 0.4) is 0 Å². The summed E-state index contributed by atoms with van der Waals surface area (Å²) in [5.41, 5.74) is 0.423. The molecule has 2 N–H and O–H groups in total. The molecule has 2 aromatic rings. The molecule has 1 aromatic carbocycles. The van der Waals surface area contributed by atoms with E-state index in [2.05, 4.69) is 10.3 Å². The van der Waals surface area contributed by atoms with E-state index in [0.29, 0.717) is 29.8 Å². The second kappa shape index (κ2) is 6.57. The van der Waals surface area contributed by atoms with Gasteiger partial charge in [-0.1, -0.05) is 6.07 Å². The van der Waals surface area contributed by atoms with E-state index in [0.717, 1.165) is 0 Å². The van der Waals surface area contributed by atoms with Gasteiger partial charge in [0.2, 0.25) is 0 Å². The van der Waals surface area contributed by atoms with Crippen LogP contribution < -0.4 is 10.1 Å². The average Bonchev–Trinajstić information content (AvgIpc) is 2.52. The molecule has 1 aromatic heterocycles. The predicted molar refractivity (Wildman–Crippen MR) is 86.1 cm³/mol. The van der Waals surface area contributed by atoms with Crippen molar-refractivity contribution in [1.29, 1.82) is 0 Å². The van der Waals surface area contributed by atoms with Crippen LogP contribution >= 0.6 is 0 Å². The summed E-state index contributed by atoms with van der Waals surface area (Å²) in [5, 5.41) is 12.5. The highest BCUT2D eigenvalue weighted by molar-refractivity contribution is 5.94. The van der Waals surface area contributed by atoms with E-state index in [4.69, 9.17) is 4.74 Å². The highest BCUT2D eigenvalue weighted by atomic mass is 19.1. The fourth-order valence-corrected chi connectivity index (χ4v) is 2.73. The lowest BCUT2D eigenvalue weighted by Gasteiger charge is -2.41. The van der Waals surface area contributed by atoms with Crippen LogP contribution in [0.2, 0.25) is 0 Å². The molecular formula is C18H19FN2O3. The summed E-state index contributed by atoms with van der Waals surface area (Å²) in [6.07, 6.45) is 2.61. The van der Waals surface area contributed by atoms with E-state index in [9.17, 15) is 14.3 Å². The maximum atomic E-state index is 13.1. The van der Waals surface area contributed by atoms with E-state index >= 15 is 0 Å². The Kier molecular flexibility index (Phi) is 4.49. The Labute approximate surface area is 139 Å². The molecule has 0 aliphatic heterocycles. The second-order valence-corrected chi connectivity index (χ2v) is 6.36. The molecule has 0 atom stereocenters. The van der Waals surface area contributed by atoms with Crippen molar-refractivity contribution >= 4 is 5.91 Å². The van der Waals surface area contributed by atoms with Gasteiger partial charge in [-0.3, -0.25) is 9.78 Å². The Bertz CT molecular complexity index is 723. The van der Waals surface area contributed by atoms with Crippen molar-refractivity contribution in [3.05, 3.63) is 59.7 Å². The molecule has 0 spiro atoms. The number of hydrogen-bond donors (Lipinski definition) is 2. The molecule has 3 rings (SSSR count). The first-order valence-corrected chi connectivity index (χ1v) is 7.78. The monoisotopic (exact) mass is 330 g/mol. The number of halogens is 1. The number of carbonyl (C=O) groups is 1. The number of pyridine rings is 1. The minimum atomic E-state index is -0.672. The molecule has 24 heavy (non-hydrogen) atoms. The molecule has 1 saturated carbocycles. The number of nitrogens with zero attached hydrogens (tertiary/aromatic N) is 1. The molecule has 1 fully saturated rings. The quantitative estimate of drug-likeness (QED) is 0.883. The van der Waals surface area contributed by atoms with Crippen molar-refractivity contribution in [2.45, 2.75) is 38.0 Å². The van der Waals surface area contributed by atoms with Gasteiger partial charge in [0.25, 0.3) is 5.91 Å². The first kappa shape index (κ1) is 16.4. The minimum Gasteiger partial charge on any atom is -0.487 e. The topological polar surface area (TPSA) is 71.5 Å². The highest BCUT2D eigenvalue weighted by Gasteiger charge is 2.39. The van der Waals surface area contributed by atoms with Gasteiger partial charge < -0.3 is 15.2 Å². The molecule has 0 unspecified atom stereocenters. The number of hydrogen-bond acceptors (Lipinski definition) is 4. The third-order valence-corrected chi connectivity index (χ3v) is 3.98. The highest BCUT2D eigenvalue weighted by Crippen LogP contribution is 2.31. The molecule has 1 aliphatic rings. The van der Waals surface area contributed by atoms with Gasteiger partial charge in [-0.25, -0.2) is 4.39 Å². The Morgan fingerprint density at radius 2 is 2.21 bits per heavy atom. The van der Waals surface area contributed by atoms with E-state index in [1.165, 1.54) is 18.3 Å². The third-order valence-electron chi connectivity index (χ3n) is 3.98. The Balaban J connectivity index is 1.52. The summed E-state index contributed by atoms with van der Waals surface area (Å²) in [4.78, 5) is 16.3. The summed E-state index contributed by atoms with van der Waals surface area (Å²) in [5.74, 6) is -0.140. The molecular weight excluding hydrogens is 311 g/mol. The molecule has 6 heteroatoms. The molecule has 126 valence electrons. The summed E-state index contributed by atoms with van der Waals surface area (Å²) >= 11 is 0. The maximum absolute atomic E-state index is 13.1. The number of amides is 1. The number of ether oxygens (including phenoxy) is 1. The van der Waals surface area contributed by atoms with Crippen molar-refractivity contribution in [2.75, 3.05) is 0 Å². The van der Waals surface area contributed by atoms with E-state index in [1.54, 1.807) is 31.2 Å². The second-order valence-electron chi connectivity index (χ2n) is 6.36. The number of carbonyl (C=O) groups excluding carboxylic acids is 1. The van der Waals surface area contributed by atoms with Crippen molar-refractivity contribution < 1.29 is 19.0 Å². The zero-order valence-corrected chi connectivity index (χ0v) is 13.3. The lowest BCUT2D eigenvalue weighted by Crippen LogP contribution is -2.53. The lowest BCUT2D eigenvalue weighted by atomic mass is 9.77.